The third kappa shape index (κ3) is 3.39. The molecule has 0 bridgehead atoms. The van der Waals surface area contributed by atoms with E-state index in [4.69, 9.17) is 0 Å². The first-order valence-corrected chi connectivity index (χ1v) is 9.67. The first-order chi connectivity index (χ1) is 11.4. The fraction of sp³-hybridized carbons (Fsp3) is 0.188. The molecular weight excluding hydrogens is 351 g/mol. The molecule has 0 atom stereocenters. The molecule has 1 aliphatic rings. The van der Waals surface area contributed by atoms with E-state index in [-0.39, 0.29) is 16.5 Å². The quantitative estimate of drug-likeness (QED) is 0.907. The maximum atomic E-state index is 12.9. The molecule has 0 spiro atoms. The lowest BCUT2D eigenvalue weighted by Crippen LogP contribution is -2.33. The van der Waals surface area contributed by atoms with Gasteiger partial charge < -0.3 is 4.90 Å². The molecule has 2 aromatic rings. The van der Waals surface area contributed by atoms with E-state index in [1.807, 2.05) is 0 Å². The fourth-order valence-corrected chi connectivity index (χ4v) is 4.62. The second-order valence-electron chi connectivity index (χ2n) is 5.26. The number of carbonyl (C=O) groups is 1. The molecule has 3 rings (SSSR count). The third-order valence-corrected chi connectivity index (χ3v) is 5.99. The summed E-state index contributed by atoms with van der Waals surface area (Å²) in [6, 6.07) is 9.75. The minimum atomic E-state index is -3.79. The SMILES string of the molecule is CC(=O)N1CCSc2cc(S(=O)(=O)Nc3ccc(F)cc3)ccc21. The number of rotatable bonds is 3. The molecule has 0 saturated carbocycles. The number of sulfonamides is 1. The van der Waals surface area contributed by atoms with Crippen LogP contribution < -0.4 is 9.62 Å². The number of fused-ring (bicyclic) bond motifs is 1. The summed E-state index contributed by atoms with van der Waals surface area (Å²) < 4.78 is 40.3. The van der Waals surface area contributed by atoms with Crippen LogP contribution >= 0.6 is 11.8 Å². The highest BCUT2D eigenvalue weighted by Crippen LogP contribution is 2.36. The van der Waals surface area contributed by atoms with Crippen molar-refractivity contribution in [3.05, 3.63) is 48.3 Å². The molecule has 0 radical (unpaired) electrons. The van der Waals surface area contributed by atoms with Gasteiger partial charge in [0.05, 0.1) is 10.6 Å². The Morgan fingerprint density at radius 1 is 1.21 bits per heavy atom. The zero-order valence-electron chi connectivity index (χ0n) is 12.8. The summed E-state index contributed by atoms with van der Waals surface area (Å²) in [4.78, 5) is 14.2. The molecule has 1 amide bonds. The number of carbonyl (C=O) groups excluding carboxylic acids is 1. The zero-order chi connectivity index (χ0) is 17.3. The van der Waals surface area contributed by atoms with Gasteiger partial charge in [0.2, 0.25) is 5.91 Å². The summed E-state index contributed by atoms with van der Waals surface area (Å²) in [6.45, 7) is 2.09. The van der Waals surface area contributed by atoms with Gasteiger partial charge in [0.25, 0.3) is 10.0 Å². The summed E-state index contributed by atoms with van der Waals surface area (Å²) in [5.74, 6) is 0.200. The van der Waals surface area contributed by atoms with Gasteiger partial charge in [0.1, 0.15) is 5.82 Å². The molecule has 0 saturated heterocycles. The fourth-order valence-electron chi connectivity index (χ4n) is 2.43. The summed E-state index contributed by atoms with van der Waals surface area (Å²) >= 11 is 1.51. The van der Waals surface area contributed by atoms with Crippen LogP contribution in [0.15, 0.2) is 52.3 Å². The molecule has 2 aromatic carbocycles. The Bertz CT molecular complexity index is 883. The zero-order valence-corrected chi connectivity index (χ0v) is 14.5. The number of hydrogen-bond acceptors (Lipinski definition) is 4. The minimum absolute atomic E-state index is 0.0726. The van der Waals surface area contributed by atoms with E-state index >= 15 is 0 Å². The summed E-state index contributed by atoms with van der Waals surface area (Å²) in [6.07, 6.45) is 0. The molecule has 1 N–H and O–H groups in total. The number of halogens is 1. The Hall–Kier alpha value is -2.06. The molecular formula is C16H15FN2O3S2. The van der Waals surface area contributed by atoms with E-state index in [0.717, 1.165) is 10.6 Å². The van der Waals surface area contributed by atoms with E-state index in [1.165, 1.54) is 49.0 Å². The lowest BCUT2D eigenvalue weighted by Gasteiger charge is -2.28. The molecule has 5 nitrogen and oxygen atoms in total. The Morgan fingerprint density at radius 2 is 1.92 bits per heavy atom. The van der Waals surface area contributed by atoms with E-state index in [1.54, 1.807) is 17.0 Å². The van der Waals surface area contributed by atoms with Gasteiger partial charge in [-0.3, -0.25) is 9.52 Å². The number of amides is 1. The monoisotopic (exact) mass is 366 g/mol. The van der Waals surface area contributed by atoms with Gasteiger partial charge in [-0.2, -0.15) is 0 Å². The van der Waals surface area contributed by atoms with Crippen LogP contribution in [0.3, 0.4) is 0 Å². The topological polar surface area (TPSA) is 66.5 Å². The lowest BCUT2D eigenvalue weighted by molar-refractivity contribution is -0.116. The first kappa shape index (κ1) is 16.8. The van der Waals surface area contributed by atoms with Crippen molar-refractivity contribution in [2.24, 2.45) is 0 Å². The largest absolute Gasteiger partial charge is 0.311 e. The Balaban J connectivity index is 1.91. The molecule has 0 aliphatic carbocycles. The average molecular weight is 366 g/mol. The van der Waals surface area contributed by atoms with Gasteiger partial charge >= 0.3 is 0 Å². The molecule has 126 valence electrons. The smallest absolute Gasteiger partial charge is 0.261 e. The van der Waals surface area contributed by atoms with Crippen LogP contribution in [0.25, 0.3) is 0 Å². The van der Waals surface area contributed by atoms with Crippen molar-refractivity contribution in [1.29, 1.82) is 0 Å². The molecule has 0 aromatic heterocycles. The van der Waals surface area contributed by atoms with Crippen LogP contribution in [0.2, 0.25) is 0 Å². The lowest BCUT2D eigenvalue weighted by atomic mass is 10.2. The summed E-state index contributed by atoms with van der Waals surface area (Å²) in [5, 5.41) is 0. The van der Waals surface area contributed by atoms with Crippen LogP contribution in [-0.2, 0) is 14.8 Å². The van der Waals surface area contributed by atoms with Gasteiger partial charge in [-0.25, -0.2) is 12.8 Å². The maximum Gasteiger partial charge on any atom is 0.261 e. The molecule has 0 fully saturated rings. The second-order valence-corrected chi connectivity index (χ2v) is 8.08. The summed E-state index contributed by atoms with van der Waals surface area (Å²) in [5.41, 5.74) is 1.01. The first-order valence-electron chi connectivity index (χ1n) is 7.20. The number of thioether (sulfide) groups is 1. The number of hydrogen-bond donors (Lipinski definition) is 1. The molecule has 8 heteroatoms. The van der Waals surface area contributed by atoms with Crippen molar-refractivity contribution < 1.29 is 17.6 Å². The standard InChI is InChI=1S/C16H15FN2O3S2/c1-11(20)19-8-9-23-16-10-14(6-7-15(16)19)24(21,22)18-13-4-2-12(17)3-5-13/h2-7,10,18H,8-9H2,1H3. The normalized spacial score (nSPS) is 14.2. The predicted molar refractivity (Wildman–Crippen MR) is 92.4 cm³/mol. The second kappa shape index (κ2) is 6.45. The Morgan fingerprint density at radius 3 is 2.58 bits per heavy atom. The third-order valence-electron chi connectivity index (χ3n) is 3.58. The van der Waals surface area contributed by atoms with E-state index in [0.29, 0.717) is 12.3 Å². The van der Waals surface area contributed by atoms with Crippen molar-refractivity contribution >= 4 is 39.1 Å². The van der Waals surface area contributed by atoms with Crippen LogP contribution in [0, 0.1) is 5.82 Å². The van der Waals surface area contributed by atoms with Crippen molar-refractivity contribution in [2.45, 2.75) is 16.7 Å². The van der Waals surface area contributed by atoms with Crippen LogP contribution in [0.5, 0.6) is 0 Å². The molecule has 24 heavy (non-hydrogen) atoms. The Kier molecular flexibility index (Phi) is 4.51. The average Bonchev–Trinajstić information content (AvgIpc) is 2.55. The number of nitrogens with one attached hydrogen (secondary N) is 1. The van der Waals surface area contributed by atoms with Crippen LogP contribution in [-0.4, -0.2) is 26.6 Å². The molecule has 1 heterocycles. The van der Waals surface area contributed by atoms with Gasteiger partial charge in [-0.05, 0) is 42.5 Å². The van der Waals surface area contributed by atoms with Crippen LogP contribution in [0.1, 0.15) is 6.92 Å². The van der Waals surface area contributed by atoms with Gasteiger partial charge in [-0.1, -0.05) is 0 Å². The number of benzene rings is 2. The van der Waals surface area contributed by atoms with Gasteiger partial charge in [0, 0.05) is 29.8 Å². The molecule has 1 aliphatic heterocycles. The van der Waals surface area contributed by atoms with E-state index in [2.05, 4.69) is 4.72 Å². The van der Waals surface area contributed by atoms with Crippen molar-refractivity contribution in [2.75, 3.05) is 21.9 Å². The van der Waals surface area contributed by atoms with Crippen LogP contribution in [0.4, 0.5) is 15.8 Å². The highest BCUT2D eigenvalue weighted by atomic mass is 32.2. The van der Waals surface area contributed by atoms with Gasteiger partial charge in [-0.15, -0.1) is 11.8 Å². The van der Waals surface area contributed by atoms with E-state index < -0.39 is 15.8 Å². The predicted octanol–water partition coefficient (Wildman–Crippen LogP) is 3.09. The Labute approximate surface area is 143 Å². The van der Waals surface area contributed by atoms with E-state index in [9.17, 15) is 17.6 Å². The van der Waals surface area contributed by atoms with Crippen molar-refractivity contribution in [3.8, 4) is 0 Å². The number of anilines is 2. The molecule has 0 unspecified atom stereocenters. The van der Waals surface area contributed by atoms with Gasteiger partial charge in [0.15, 0.2) is 0 Å². The minimum Gasteiger partial charge on any atom is -0.311 e. The highest BCUT2D eigenvalue weighted by molar-refractivity contribution is 7.99. The number of nitrogens with zero attached hydrogens (tertiary/aromatic N) is 1. The van der Waals surface area contributed by atoms with Crippen molar-refractivity contribution in [3.63, 3.8) is 0 Å². The summed E-state index contributed by atoms with van der Waals surface area (Å²) in [7, 11) is -3.79. The highest BCUT2D eigenvalue weighted by Gasteiger charge is 2.23. The van der Waals surface area contributed by atoms with Crippen molar-refractivity contribution in [1.82, 2.24) is 0 Å². The maximum absolute atomic E-state index is 12.9.